The van der Waals surface area contributed by atoms with E-state index in [2.05, 4.69) is 42.2 Å². The largest absolute Gasteiger partial charge is 0.388 e. The van der Waals surface area contributed by atoms with E-state index in [4.69, 9.17) is 40.4 Å². The van der Waals surface area contributed by atoms with E-state index in [0.29, 0.717) is 0 Å². The van der Waals surface area contributed by atoms with Crippen LogP contribution in [0.5, 0.6) is 0 Å². The Morgan fingerprint density at radius 2 is 2.00 bits per heavy atom. The highest BCUT2D eigenvalue weighted by molar-refractivity contribution is 8.44. The van der Waals surface area contributed by atoms with Gasteiger partial charge in [-0.1, -0.05) is 12.2 Å². The van der Waals surface area contributed by atoms with Crippen molar-refractivity contribution in [3.8, 4) is 0 Å². The van der Waals surface area contributed by atoms with Crippen molar-refractivity contribution in [3.63, 3.8) is 0 Å². The second kappa shape index (κ2) is 10.7. The summed E-state index contributed by atoms with van der Waals surface area (Å²) in [7, 11) is 0. The molecule has 1 amide bonds. The van der Waals surface area contributed by atoms with Crippen LogP contribution in [0, 0.1) is 0 Å². The first kappa shape index (κ1) is 29.4. The number of carbonyl (C=O) groups is 1. The zero-order valence-corrected chi connectivity index (χ0v) is 25.0. The number of hydrogen-bond acceptors (Lipinski definition) is 16. The molecule has 6 heterocycles. The van der Waals surface area contributed by atoms with E-state index in [1.54, 1.807) is 0 Å². The molecule has 11 atom stereocenters. The number of alkyl halides is 1. The lowest BCUT2D eigenvalue weighted by molar-refractivity contribution is -0.117. The van der Waals surface area contributed by atoms with Crippen LogP contribution in [0.25, 0.3) is 11.2 Å². The topological polar surface area (TPSA) is 231 Å². The summed E-state index contributed by atoms with van der Waals surface area (Å²) >= 11 is 9.29. The maximum Gasteiger partial charge on any atom is 0.386 e. The van der Waals surface area contributed by atoms with Crippen molar-refractivity contribution in [1.82, 2.24) is 24.4 Å². The van der Waals surface area contributed by atoms with Crippen LogP contribution in [0.4, 0.5) is 10.2 Å². The Morgan fingerprint density at radius 1 is 1.19 bits per heavy atom. The number of anilines is 1. The fourth-order valence-electron chi connectivity index (χ4n) is 5.58. The molecule has 2 saturated heterocycles. The molecule has 1 saturated carbocycles. The van der Waals surface area contributed by atoms with Crippen LogP contribution < -0.4 is 5.73 Å². The van der Waals surface area contributed by atoms with E-state index in [-0.39, 0.29) is 29.2 Å². The number of aliphatic imine (C=N–C) groups is 3. The minimum absolute atomic E-state index is 0.0625. The average Bonchev–Trinajstić information content (AvgIpc) is 3.70. The van der Waals surface area contributed by atoms with Crippen LogP contribution in [0.2, 0.25) is 0 Å². The number of fused-ring (bicyclic) bond motifs is 5. The van der Waals surface area contributed by atoms with Crippen LogP contribution in [-0.4, -0.2) is 114 Å². The minimum Gasteiger partial charge on any atom is -0.388 e. The van der Waals surface area contributed by atoms with Gasteiger partial charge < -0.3 is 34.4 Å². The second-order valence-electron chi connectivity index (χ2n) is 10.0. The molecule has 2 aromatic rings. The van der Waals surface area contributed by atoms with Crippen molar-refractivity contribution in [2.24, 2.45) is 15.0 Å². The zero-order valence-electron chi connectivity index (χ0n) is 21.5. The zero-order chi connectivity index (χ0) is 30.3. The van der Waals surface area contributed by atoms with Gasteiger partial charge in [0.05, 0.1) is 31.4 Å². The van der Waals surface area contributed by atoms with Crippen molar-refractivity contribution in [3.05, 3.63) is 12.7 Å². The first-order valence-electron chi connectivity index (χ1n) is 12.6. The highest BCUT2D eigenvalue weighted by Crippen LogP contribution is 2.60. The van der Waals surface area contributed by atoms with Gasteiger partial charge in [0.1, 0.15) is 48.4 Å². The molecule has 3 unspecified atom stereocenters. The third-order valence-corrected chi connectivity index (χ3v) is 10.7. The number of nitrogens with zero attached hydrogens (tertiary/aromatic N) is 8. The number of amides is 1. The molecule has 18 nitrogen and oxygen atoms in total. The van der Waals surface area contributed by atoms with E-state index in [1.165, 1.54) is 28.5 Å². The summed E-state index contributed by atoms with van der Waals surface area (Å²) in [6, 6.07) is -1.88. The Bertz CT molecular complexity index is 1680. The lowest BCUT2D eigenvalue weighted by Gasteiger charge is -2.33. The Kier molecular flexibility index (Phi) is 7.29. The van der Waals surface area contributed by atoms with Gasteiger partial charge in [-0.05, 0) is 11.8 Å². The standard InChI is InChI=1S/C20H22FN9O9P2S2/c21-10-15-9(36-20(10)30-6-27-11-16(22)23-3-24-17(11)30)2-35-40(33,42)38-14-7(1-8(13(14)31)37-41(34,43)39-15)29-5-28-12-18(29)25-4-26-19(12)32/h3-10,12-15,20,31H,1-2H2,(H,33,42)(H,34,43)(H2,22,23,24)/t7-,8+,9-,10+,12?,13-,14+,15-,20-,40?,41?/m1/s1. The molecule has 1 aliphatic carbocycles. The molecule has 3 fully saturated rings. The Balaban J connectivity index is 1.18. The molecule has 230 valence electrons. The van der Waals surface area contributed by atoms with Crippen LogP contribution in [0.3, 0.4) is 0 Å². The predicted octanol–water partition coefficient (Wildman–Crippen LogP) is -0.103. The van der Waals surface area contributed by atoms with Gasteiger partial charge in [-0.2, -0.15) is 4.99 Å². The van der Waals surface area contributed by atoms with Gasteiger partial charge in [0.25, 0.3) is 5.91 Å². The van der Waals surface area contributed by atoms with Gasteiger partial charge in [0.2, 0.25) is 0 Å². The molecule has 0 aromatic carbocycles. The summed E-state index contributed by atoms with van der Waals surface area (Å²) < 4.78 is 59.2. The summed E-state index contributed by atoms with van der Waals surface area (Å²) in [5.74, 6) is -0.290. The highest BCUT2D eigenvalue weighted by Gasteiger charge is 2.56. The average molecular weight is 678 g/mol. The first-order chi connectivity index (χ1) is 20.4. The lowest BCUT2D eigenvalue weighted by Crippen LogP contribution is -2.48. The number of carbonyl (C=O) groups excluding carboxylic acids is 1. The highest BCUT2D eigenvalue weighted by atomic mass is 32.7. The van der Waals surface area contributed by atoms with Gasteiger partial charge in [-0.25, -0.2) is 28.9 Å². The number of rotatable bonds is 2. The van der Waals surface area contributed by atoms with E-state index in [9.17, 15) is 19.4 Å². The molecule has 0 radical (unpaired) electrons. The first-order valence-corrected chi connectivity index (χ1v) is 17.9. The quantitative estimate of drug-likeness (QED) is 0.240. The predicted molar refractivity (Wildman–Crippen MR) is 152 cm³/mol. The molecule has 23 heteroatoms. The van der Waals surface area contributed by atoms with E-state index in [0.717, 1.165) is 6.34 Å². The van der Waals surface area contributed by atoms with E-state index < -0.39 is 81.0 Å². The number of nitrogen functional groups attached to an aromatic ring is 1. The van der Waals surface area contributed by atoms with Crippen LogP contribution in [0.15, 0.2) is 27.6 Å². The van der Waals surface area contributed by atoms with Gasteiger partial charge in [0, 0.05) is 6.42 Å². The van der Waals surface area contributed by atoms with E-state index >= 15 is 4.39 Å². The summed E-state index contributed by atoms with van der Waals surface area (Å²) in [5.41, 5.74) is 6.21. The van der Waals surface area contributed by atoms with Crippen molar-refractivity contribution in [1.29, 1.82) is 0 Å². The molecule has 2 bridgehead atoms. The number of amidine groups is 1. The molecule has 0 spiro atoms. The van der Waals surface area contributed by atoms with E-state index in [1.807, 2.05) is 0 Å². The SMILES string of the molecule is Nc1ncnc2c1ncn2[C@@H]1O[C@@H]2COP(O)(=S)O[C@@H]3[C@H](O)[C@H](C[C@H]3N3C=NC4C(=O)N=CN=C43)OP(=O)(S)O[C@H]2[C@@H]1F. The number of aliphatic hydroxyl groups excluding tert-OH is 1. The third-order valence-electron chi connectivity index (χ3n) is 7.49. The number of aliphatic hydroxyl groups is 1. The van der Waals surface area contributed by atoms with Gasteiger partial charge in [0.15, 0.2) is 29.9 Å². The summed E-state index contributed by atoms with van der Waals surface area (Å²) in [6.45, 7) is -9.16. The summed E-state index contributed by atoms with van der Waals surface area (Å²) in [5, 5.41) is 11.2. The van der Waals surface area contributed by atoms with Crippen LogP contribution in [-0.2, 0) is 44.0 Å². The van der Waals surface area contributed by atoms with Crippen molar-refractivity contribution >= 4 is 79.0 Å². The van der Waals surface area contributed by atoms with Crippen molar-refractivity contribution < 1.29 is 46.6 Å². The maximum atomic E-state index is 16.0. The fraction of sp³-hybridized carbons (Fsp3) is 0.550. The molecule has 2 aromatic heterocycles. The summed E-state index contributed by atoms with van der Waals surface area (Å²) in [6.07, 6.45) is -5.79. The van der Waals surface area contributed by atoms with Crippen molar-refractivity contribution in [2.45, 2.75) is 61.4 Å². The Labute approximate surface area is 251 Å². The Morgan fingerprint density at radius 3 is 2.81 bits per heavy atom. The number of imidazole rings is 1. The normalized spacial score (nSPS) is 42.9. The molecule has 4 N–H and O–H groups in total. The van der Waals surface area contributed by atoms with Crippen molar-refractivity contribution in [2.75, 3.05) is 12.3 Å². The minimum atomic E-state index is -4.42. The number of ether oxygens (including phenoxy) is 1. The maximum absolute atomic E-state index is 16.0. The number of hydrogen-bond donors (Lipinski definition) is 4. The van der Waals surface area contributed by atoms with Crippen LogP contribution >= 0.6 is 25.8 Å². The third kappa shape index (κ3) is 5.15. The molecular formula is C20H22FN9O9P2S2. The Hall–Kier alpha value is -2.29. The number of thiol groups is 1. The number of aromatic nitrogens is 4. The summed E-state index contributed by atoms with van der Waals surface area (Å²) in [4.78, 5) is 48.6. The van der Waals surface area contributed by atoms with Gasteiger partial charge in [-0.15, -0.1) is 0 Å². The van der Waals surface area contributed by atoms with Crippen LogP contribution in [0.1, 0.15) is 12.6 Å². The molecule has 43 heavy (non-hydrogen) atoms. The van der Waals surface area contributed by atoms with Gasteiger partial charge >= 0.3 is 13.5 Å². The van der Waals surface area contributed by atoms with Gasteiger partial charge in [-0.3, -0.25) is 23.4 Å². The lowest BCUT2D eigenvalue weighted by atomic mass is 10.1. The molecule has 4 aliphatic heterocycles. The molecule has 5 aliphatic rings. The molecular weight excluding hydrogens is 655 g/mol. The second-order valence-corrected chi connectivity index (χ2v) is 15.7. The fourth-order valence-corrected chi connectivity index (χ4v) is 8.89. The smallest absolute Gasteiger partial charge is 0.386 e. The number of halogens is 1. The number of nitrogens with two attached hydrogens (primary N) is 1. The monoisotopic (exact) mass is 677 g/mol. The molecule has 7 rings (SSSR count).